The average Bonchev–Trinajstić information content (AvgIpc) is 3.17. The fourth-order valence-electron chi connectivity index (χ4n) is 4.16. The van der Waals surface area contributed by atoms with Gasteiger partial charge in [0.05, 0.1) is 27.6 Å². The molecule has 1 atom stereocenters. The van der Waals surface area contributed by atoms with Gasteiger partial charge in [-0.15, -0.1) is 10.2 Å². The molecular formula is C21H19Cl2N5OS2. The normalized spacial score (nSPS) is 20.7. The first kappa shape index (κ1) is 22.2. The van der Waals surface area contributed by atoms with Gasteiger partial charge in [-0.3, -0.25) is 9.69 Å². The van der Waals surface area contributed by atoms with Crippen LogP contribution in [0.2, 0.25) is 10.0 Å². The summed E-state index contributed by atoms with van der Waals surface area (Å²) in [5, 5.41) is 19.7. The number of hydrogen-bond acceptors (Lipinski definition) is 8. The molecule has 0 bridgehead atoms. The van der Waals surface area contributed by atoms with Crippen LogP contribution in [-0.2, 0) is 4.79 Å². The summed E-state index contributed by atoms with van der Waals surface area (Å²) in [7, 11) is 0. The number of allylic oxidation sites excluding steroid dienone is 3. The standard InChI is InChI=1S/C21H19Cl2N5OS2/c1-21(2)7-13-16(14(29)8-21)15(10-5-4-6-12(22)17(10)23)11(9-24)18(25)28(13)19-26-27-20(30-3)31-19/h4-6,15H,7-8,25H2,1-3H3. The molecule has 1 unspecified atom stereocenters. The number of carbonyl (C=O) groups is 1. The molecule has 2 heterocycles. The van der Waals surface area contributed by atoms with E-state index in [1.165, 1.54) is 23.1 Å². The Morgan fingerprint density at radius 3 is 2.71 bits per heavy atom. The first-order chi connectivity index (χ1) is 14.7. The maximum Gasteiger partial charge on any atom is 0.219 e. The summed E-state index contributed by atoms with van der Waals surface area (Å²) in [5.41, 5.74) is 8.40. The Kier molecular flexibility index (Phi) is 5.81. The minimum atomic E-state index is -0.681. The fourth-order valence-corrected chi connectivity index (χ4v) is 5.87. The van der Waals surface area contributed by atoms with Gasteiger partial charge in [-0.2, -0.15) is 5.26 Å². The average molecular weight is 492 g/mol. The van der Waals surface area contributed by atoms with Crippen molar-refractivity contribution in [3.05, 3.63) is 56.5 Å². The van der Waals surface area contributed by atoms with Gasteiger partial charge in [0.1, 0.15) is 5.82 Å². The van der Waals surface area contributed by atoms with Gasteiger partial charge in [0, 0.05) is 17.7 Å². The highest BCUT2D eigenvalue weighted by Gasteiger charge is 2.46. The Bertz CT molecular complexity index is 1190. The van der Waals surface area contributed by atoms with Crippen molar-refractivity contribution < 1.29 is 4.79 Å². The number of ketones is 1. The number of thioether (sulfide) groups is 1. The van der Waals surface area contributed by atoms with Crippen LogP contribution in [0.15, 0.2) is 45.2 Å². The minimum Gasteiger partial charge on any atom is -0.384 e. The van der Waals surface area contributed by atoms with Gasteiger partial charge in [0.25, 0.3) is 0 Å². The first-order valence-electron chi connectivity index (χ1n) is 9.46. The lowest BCUT2D eigenvalue weighted by molar-refractivity contribution is -0.118. The number of aromatic nitrogens is 2. The Hall–Kier alpha value is -2.05. The first-order valence-corrected chi connectivity index (χ1v) is 12.3. The molecule has 0 saturated heterocycles. The summed E-state index contributed by atoms with van der Waals surface area (Å²) in [6.45, 7) is 4.09. The van der Waals surface area contributed by atoms with Crippen molar-refractivity contribution >= 4 is 57.2 Å². The van der Waals surface area contributed by atoms with Gasteiger partial charge in [-0.1, -0.05) is 72.3 Å². The number of halogens is 2. The highest BCUT2D eigenvalue weighted by molar-refractivity contribution is 8.00. The van der Waals surface area contributed by atoms with Gasteiger partial charge in [-0.25, -0.2) is 0 Å². The van der Waals surface area contributed by atoms with Gasteiger partial charge in [0.2, 0.25) is 5.13 Å². The zero-order valence-corrected chi connectivity index (χ0v) is 20.2. The van der Waals surface area contributed by atoms with Gasteiger partial charge in [-0.05, 0) is 29.7 Å². The molecule has 0 amide bonds. The zero-order valence-electron chi connectivity index (χ0n) is 17.1. The molecule has 2 aromatic rings. The second kappa shape index (κ2) is 8.14. The maximum atomic E-state index is 13.5. The number of nitrogens with zero attached hydrogens (tertiary/aromatic N) is 4. The van der Waals surface area contributed by atoms with E-state index in [9.17, 15) is 10.1 Å². The third-order valence-corrected chi connectivity index (χ3v) is 8.15. The topological polar surface area (TPSA) is 95.9 Å². The monoisotopic (exact) mass is 491 g/mol. The van der Waals surface area contributed by atoms with E-state index in [0.717, 1.165) is 10.0 Å². The van der Waals surface area contributed by atoms with Crippen LogP contribution in [0.5, 0.6) is 0 Å². The molecule has 160 valence electrons. The van der Waals surface area contributed by atoms with Crippen molar-refractivity contribution in [3.63, 3.8) is 0 Å². The van der Waals surface area contributed by atoms with Crippen LogP contribution in [-0.4, -0.2) is 22.2 Å². The van der Waals surface area contributed by atoms with Crippen molar-refractivity contribution in [2.24, 2.45) is 11.1 Å². The molecule has 31 heavy (non-hydrogen) atoms. The second-order valence-corrected chi connectivity index (χ2v) is 11.0. The summed E-state index contributed by atoms with van der Waals surface area (Å²) in [6.07, 6.45) is 2.87. The predicted octanol–water partition coefficient (Wildman–Crippen LogP) is 5.51. The molecule has 2 aliphatic rings. The maximum absolute atomic E-state index is 13.5. The highest BCUT2D eigenvalue weighted by atomic mass is 35.5. The number of nitrogens with two attached hydrogens (primary N) is 1. The molecule has 0 radical (unpaired) electrons. The van der Waals surface area contributed by atoms with Crippen molar-refractivity contribution in [1.29, 1.82) is 5.26 Å². The quantitative estimate of drug-likeness (QED) is 0.565. The van der Waals surface area contributed by atoms with E-state index >= 15 is 0 Å². The lowest BCUT2D eigenvalue weighted by Gasteiger charge is -2.42. The summed E-state index contributed by atoms with van der Waals surface area (Å²) < 4.78 is 0.768. The molecule has 0 fully saturated rings. The molecule has 1 aromatic carbocycles. The number of nitriles is 1. The van der Waals surface area contributed by atoms with Crippen LogP contribution >= 0.6 is 46.3 Å². The van der Waals surface area contributed by atoms with Crippen molar-refractivity contribution in [3.8, 4) is 6.07 Å². The van der Waals surface area contributed by atoms with Crippen LogP contribution in [0.4, 0.5) is 5.13 Å². The van der Waals surface area contributed by atoms with E-state index in [1.807, 2.05) is 20.1 Å². The largest absolute Gasteiger partial charge is 0.384 e. The Morgan fingerprint density at radius 2 is 2.06 bits per heavy atom. The smallest absolute Gasteiger partial charge is 0.219 e. The summed E-state index contributed by atoms with van der Waals surface area (Å²) >= 11 is 15.6. The van der Waals surface area contributed by atoms with Gasteiger partial charge >= 0.3 is 0 Å². The molecule has 1 aliphatic heterocycles. The van der Waals surface area contributed by atoms with Crippen LogP contribution in [0.1, 0.15) is 38.2 Å². The lowest BCUT2D eigenvalue weighted by Crippen LogP contribution is -2.42. The van der Waals surface area contributed by atoms with E-state index in [1.54, 1.807) is 23.1 Å². The summed E-state index contributed by atoms with van der Waals surface area (Å²) in [5.74, 6) is -0.484. The Balaban J connectivity index is 2.02. The number of carbonyl (C=O) groups excluding carboxylic acids is 1. The molecule has 6 nitrogen and oxygen atoms in total. The van der Waals surface area contributed by atoms with Gasteiger partial charge in [0.15, 0.2) is 10.1 Å². The molecule has 4 rings (SSSR count). The van der Waals surface area contributed by atoms with E-state index in [4.69, 9.17) is 28.9 Å². The minimum absolute atomic E-state index is 0.0350. The number of benzene rings is 1. The predicted molar refractivity (Wildman–Crippen MR) is 125 cm³/mol. The molecule has 0 saturated carbocycles. The Labute approximate surface area is 198 Å². The molecule has 10 heteroatoms. The van der Waals surface area contributed by atoms with Gasteiger partial charge < -0.3 is 5.73 Å². The van der Waals surface area contributed by atoms with E-state index in [-0.39, 0.29) is 22.6 Å². The third-order valence-electron chi connectivity index (χ3n) is 5.44. The molecular weight excluding hydrogens is 473 g/mol. The number of anilines is 1. The van der Waals surface area contributed by atoms with Crippen LogP contribution in [0.25, 0.3) is 0 Å². The Morgan fingerprint density at radius 1 is 1.32 bits per heavy atom. The summed E-state index contributed by atoms with van der Waals surface area (Å²) in [4.78, 5) is 15.2. The number of hydrogen-bond donors (Lipinski definition) is 1. The van der Waals surface area contributed by atoms with Crippen molar-refractivity contribution in [1.82, 2.24) is 10.2 Å². The molecule has 1 aliphatic carbocycles. The molecule has 2 N–H and O–H groups in total. The lowest BCUT2D eigenvalue weighted by atomic mass is 9.68. The van der Waals surface area contributed by atoms with E-state index in [0.29, 0.717) is 39.2 Å². The number of rotatable bonds is 3. The summed E-state index contributed by atoms with van der Waals surface area (Å²) in [6, 6.07) is 7.44. The van der Waals surface area contributed by atoms with Crippen LogP contribution < -0.4 is 10.6 Å². The fraction of sp³-hybridized carbons (Fsp3) is 0.333. The molecule has 0 spiro atoms. The van der Waals surface area contributed by atoms with E-state index in [2.05, 4.69) is 16.3 Å². The van der Waals surface area contributed by atoms with Crippen molar-refractivity contribution in [2.75, 3.05) is 11.2 Å². The highest BCUT2D eigenvalue weighted by Crippen LogP contribution is 2.52. The van der Waals surface area contributed by atoms with Crippen LogP contribution in [0, 0.1) is 16.7 Å². The second-order valence-electron chi connectivity index (χ2n) is 8.18. The van der Waals surface area contributed by atoms with Crippen molar-refractivity contribution in [2.45, 2.75) is 36.9 Å². The third kappa shape index (κ3) is 3.74. The SMILES string of the molecule is CSc1nnc(N2C(N)=C(C#N)C(c3cccc(Cl)c3Cl)C3=C2CC(C)(C)CC3=O)s1. The zero-order chi connectivity index (χ0) is 22.5. The number of Topliss-reactive ketones (excluding diaryl/α,β-unsaturated/α-hetero) is 1. The van der Waals surface area contributed by atoms with Crippen LogP contribution in [0.3, 0.4) is 0 Å². The van der Waals surface area contributed by atoms with E-state index < -0.39 is 5.92 Å². The molecule has 1 aromatic heterocycles.